The van der Waals surface area contributed by atoms with Crippen molar-refractivity contribution in [2.24, 2.45) is 0 Å². The Morgan fingerprint density at radius 3 is 2.69 bits per heavy atom. The summed E-state index contributed by atoms with van der Waals surface area (Å²) in [5, 5.41) is 13.3. The van der Waals surface area contributed by atoms with Gasteiger partial charge in [0.2, 0.25) is 5.91 Å². The first-order valence-electron chi connectivity index (χ1n) is 9.11. The molecule has 0 aliphatic rings. The molecule has 3 aromatic rings. The first kappa shape index (κ1) is 20.5. The van der Waals surface area contributed by atoms with Crippen LogP contribution in [0.15, 0.2) is 47.8 Å². The van der Waals surface area contributed by atoms with Crippen LogP contribution in [0.2, 0.25) is 0 Å². The number of hydrogen-bond donors (Lipinski definition) is 0. The Kier molecular flexibility index (Phi) is 6.23. The summed E-state index contributed by atoms with van der Waals surface area (Å²) in [4.78, 5) is 29.0. The number of carbonyl (C=O) groups is 1. The second-order valence-corrected chi connectivity index (χ2v) is 7.29. The number of hydrogen-bond acceptors (Lipinski definition) is 6. The number of para-hydroxylation sites is 1. The van der Waals surface area contributed by atoms with Crippen LogP contribution in [0.5, 0.6) is 5.75 Å². The fraction of sp³-hybridized carbons (Fsp3) is 0.238. The highest BCUT2D eigenvalue weighted by Gasteiger charge is 2.20. The second kappa shape index (κ2) is 8.83. The van der Waals surface area contributed by atoms with Gasteiger partial charge in [-0.25, -0.2) is 4.98 Å². The first-order chi connectivity index (χ1) is 13.9. The van der Waals surface area contributed by atoms with Crippen LogP contribution in [0.25, 0.3) is 0 Å². The number of ether oxygens (including phenoxy) is 1. The van der Waals surface area contributed by atoms with Crippen LogP contribution >= 0.6 is 11.3 Å². The minimum Gasteiger partial charge on any atom is -0.487 e. The minimum atomic E-state index is -0.420. The zero-order valence-electron chi connectivity index (χ0n) is 16.4. The number of benzene rings is 2. The third kappa shape index (κ3) is 4.60. The molecule has 0 aliphatic heterocycles. The van der Waals surface area contributed by atoms with Crippen LogP contribution in [0.4, 0.5) is 16.5 Å². The van der Waals surface area contributed by atoms with Gasteiger partial charge in [0, 0.05) is 23.9 Å². The summed E-state index contributed by atoms with van der Waals surface area (Å²) in [6, 6.07) is 12.4. The van der Waals surface area contributed by atoms with Gasteiger partial charge in [0.05, 0.1) is 16.3 Å². The number of nitrogens with zero attached hydrogens (tertiary/aromatic N) is 3. The molecule has 0 aliphatic carbocycles. The molecule has 0 spiro atoms. The Hall–Kier alpha value is -3.26. The molecule has 0 bridgehead atoms. The lowest BCUT2D eigenvalue weighted by Gasteiger charge is -2.21. The molecule has 1 heterocycles. The molecule has 3 rings (SSSR count). The van der Waals surface area contributed by atoms with Crippen molar-refractivity contribution in [2.45, 2.75) is 33.8 Å². The van der Waals surface area contributed by atoms with Crippen LogP contribution in [-0.4, -0.2) is 15.8 Å². The molecular weight excluding hydrogens is 390 g/mol. The number of thiazole rings is 1. The topological polar surface area (TPSA) is 85.6 Å². The van der Waals surface area contributed by atoms with Gasteiger partial charge in [-0.1, -0.05) is 25.1 Å². The van der Waals surface area contributed by atoms with Gasteiger partial charge >= 0.3 is 0 Å². The van der Waals surface area contributed by atoms with E-state index in [-0.39, 0.29) is 18.2 Å². The normalized spacial score (nSPS) is 10.6. The van der Waals surface area contributed by atoms with Gasteiger partial charge in [-0.15, -0.1) is 11.3 Å². The van der Waals surface area contributed by atoms with Gasteiger partial charge in [-0.3, -0.25) is 19.8 Å². The molecule has 0 saturated carbocycles. The van der Waals surface area contributed by atoms with E-state index in [9.17, 15) is 14.9 Å². The molecule has 0 saturated heterocycles. The third-order valence-electron chi connectivity index (χ3n) is 4.41. The molecule has 150 valence electrons. The van der Waals surface area contributed by atoms with Gasteiger partial charge in [0.15, 0.2) is 5.13 Å². The number of nitro benzene ring substituents is 1. The maximum Gasteiger partial charge on any atom is 0.272 e. The van der Waals surface area contributed by atoms with Crippen LogP contribution in [0.3, 0.4) is 0 Å². The van der Waals surface area contributed by atoms with Crippen molar-refractivity contribution < 1.29 is 14.5 Å². The maximum atomic E-state index is 12.3. The lowest BCUT2D eigenvalue weighted by atomic mass is 10.1. The zero-order chi connectivity index (χ0) is 21.0. The highest BCUT2D eigenvalue weighted by atomic mass is 32.1. The Balaban J connectivity index is 1.78. The van der Waals surface area contributed by atoms with E-state index in [1.165, 1.54) is 24.3 Å². The number of anilines is 2. The smallest absolute Gasteiger partial charge is 0.272 e. The number of amides is 1. The number of aromatic nitrogens is 1. The van der Waals surface area contributed by atoms with E-state index in [1.54, 1.807) is 24.0 Å². The quantitative estimate of drug-likeness (QED) is 0.395. The molecule has 29 heavy (non-hydrogen) atoms. The standard InChI is InChI=1S/C21H21N3O4S/c1-4-16-7-5-6-8-20(16)23(15(3)25)21-22-17(13-29-21)12-28-18-9-10-19(24(26)27)14(2)11-18/h5-11,13H,4,12H2,1-3H3. The summed E-state index contributed by atoms with van der Waals surface area (Å²) >= 11 is 1.37. The van der Waals surface area contributed by atoms with E-state index in [1.807, 2.05) is 36.6 Å². The largest absolute Gasteiger partial charge is 0.487 e. The van der Waals surface area contributed by atoms with E-state index >= 15 is 0 Å². The summed E-state index contributed by atoms with van der Waals surface area (Å²) in [6.07, 6.45) is 0.806. The Morgan fingerprint density at radius 1 is 1.28 bits per heavy atom. The fourth-order valence-corrected chi connectivity index (χ4v) is 3.84. The predicted octanol–water partition coefficient (Wildman–Crippen LogP) is 5.19. The van der Waals surface area contributed by atoms with Gasteiger partial charge in [0.25, 0.3) is 5.69 Å². The van der Waals surface area contributed by atoms with Crippen molar-refractivity contribution in [3.63, 3.8) is 0 Å². The summed E-state index contributed by atoms with van der Waals surface area (Å²) < 4.78 is 5.73. The molecule has 0 N–H and O–H groups in total. The number of nitro groups is 1. The maximum absolute atomic E-state index is 12.3. The summed E-state index contributed by atoms with van der Waals surface area (Å²) in [5.74, 6) is 0.418. The average molecular weight is 411 g/mol. The lowest BCUT2D eigenvalue weighted by Crippen LogP contribution is -2.23. The van der Waals surface area contributed by atoms with Crippen LogP contribution in [-0.2, 0) is 17.8 Å². The van der Waals surface area contributed by atoms with Crippen molar-refractivity contribution in [3.05, 3.63) is 74.8 Å². The van der Waals surface area contributed by atoms with Crippen molar-refractivity contribution in [2.75, 3.05) is 4.90 Å². The lowest BCUT2D eigenvalue weighted by molar-refractivity contribution is -0.385. The molecule has 2 aromatic carbocycles. The fourth-order valence-electron chi connectivity index (χ4n) is 2.98. The second-order valence-electron chi connectivity index (χ2n) is 6.45. The van der Waals surface area contributed by atoms with Gasteiger partial charge in [0.1, 0.15) is 12.4 Å². The molecule has 0 fully saturated rings. The van der Waals surface area contributed by atoms with E-state index in [2.05, 4.69) is 4.98 Å². The molecule has 1 aromatic heterocycles. The molecule has 1 amide bonds. The number of aryl methyl sites for hydroxylation is 2. The molecule has 0 unspecified atom stereocenters. The molecule has 7 nitrogen and oxygen atoms in total. The third-order valence-corrected chi connectivity index (χ3v) is 5.29. The van der Waals surface area contributed by atoms with E-state index < -0.39 is 4.92 Å². The molecule has 0 atom stereocenters. The number of rotatable bonds is 7. The van der Waals surface area contributed by atoms with E-state index in [0.717, 1.165) is 17.7 Å². The average Bonchev–Trinajstić information content (AvgIpc) is 3.15. The monoisotopic (exact) mass is 411 g/mol. The van der Waals surface area contributed by atoms with Gasteiger partial charge < -0.3 is 4.74 Å². The summed E-state index contributed by atoms with van der Waals surface area (Å²) in [6.45, 7) is 5.44. The summed E-state index contributed by atoms with van der Waals surface area (Å²) in [7, 11) is 0. The molecule has 0 radical (unpaired) electrons. The van der Waals surface area contributed by atoms with E-state index in [4.69, 9.17) is 4.74 Å². The minimum absolute atomic E-state index is 0.0555. The molecular formula is C21H21N3O4S. The van der Waals surface area contributed by atoms with Crippen molar-refractivity contribution >= 4 is 33.8 Å². The highest BCUT2D eigenvalue weighted by Crippen LogP contribution is 2.32. The van der Waals surface area contributed by atoms with Crippen molar-refractivity contribution in [1.82, 2.24) is 4.98 Å². The van der Waals surface area contributed by atoms with Crippen molar-refractivity contribution in [3.8, 4) is 5.75 Å². The van der Waals surface area contributed by atoms with E-state index in [0.29, 0.717) is 22.1 Å². The van der Waals surface area contributed by atoms with Crippen molar-refractivity contribution in [1.29, 1.82) is 0 Å². The SMILES string of the molecule is CCc1ccccc1N(C(C)=O)c1nc(COc2ccc([N+](=O)[O-])c(C)c2)cs1. The summed E-state index contributed by atoms with van der Waals surface area (Å²) in [5.41, 5.74) is 3.17. The predicted molar refractivity (Wildman–Crippen MR) is 113 cm³/mol. The van der Waals surface area contributed by atoms with Crippen LogP contribution in [0.1, 0.15) is 30.7 Å². The Morgan fingerprint density at radius 2 is 2.03 bits per heavy atom. The van der Waals surface area contributed by atoms with Crippen LogP contribution < -0.4 is 9.64 Å². The van der Waals surface area contributed by atoms with Crippen LogP contribution in [0, 0.1) is 17.0 Å². The number of carbonyl (C=O) groups excluding carboxylic acids is 1. The Bertz CT molecular complexity index is 1050. The molecule has 8 heteroatoms. The highest BCUT2D eigenvalue weighted by molar-refractivity contribution is 7.14. The van der Waals surface area contributed by atoms with Gasteiger partial charge in [-0.05, 0) is 37.1 Å². The van der Waals surface area contributed by atoms with Gasteiger partial charge in [-0.2, -0.15) is 0 Å². The first-order valence-corrected chi connectivity index (χ1v) is 9.99. The zero-order valence-corrected chi connectivity index (χ0v) is 17.2. The Labute approximate surface area is 172 Å².